The molecule has 1 aliphatic rings. The predicted octanol–water partition coefficient (Wildman–Crippen LogP) is 1.14. The number of rotatable bonds is 6. The minimum absolute atomic E-state index is 0.00845. The van der Waals surface area contributed by atoms with Gasteiger partial charge in [-0.15, -0.1) is 0 Å². The number of amides is 1. The van der Waals surface area contributed by atoms with Crippen LogP contribution in [0, 0.1) is 0 Å². The largest absolute Gasteiger partial charge is 0.465 e. The molecule has 108 valence electrons. The van der Waals surface area contributed by atoms with Gasteiger partial charge in [-0.25, -0.2) is 4.79 Å². The molecule has 0 aromatic heterocycles. The van der Waals surface area contributed by atoms with E-state index in [-0.39, 0.29) is 5.91 Å². The highest BCUT2D eigenvalue weighted by molar-refractivity contribution is 5.98. The van der Waals surface area contributed by atoms with Crippen LogP contribution in [-0.4, -0.2) is 31.6 Å². The molecule has 1 saturated carbocycles. The maximum atomic E-state index is 11.6. The van der Waals surface area contributed by atoms with Gasteiger partial charge in [0, 0.05) is 19.0 Å². The van der Waals surface area contributed by atoms with Crippen molar-refractivity contribution in [2.45, 2.75) is 25.3 Å². The Kier molecular flexibility index (Phi) is 4.45. The number of ether oxygens (including phenoxy) is 1. The van der Waals surface area contributed by atoms with Gasteiger partial charge >= 0.3 is 5.97 Å². The fourth-order valence-electron chi connectivity index (χ4n) is 1.88. The number of carbonyl (C=O) groups excluding carboxylic acids is 2. The Labute approximate surface area is 117 Å². The lowest BCUT2D eigenvalue weighted by Gasteiger charge is -2.13. The number of carbonyl (C=O) groups is 2. The number of anilines is 2. The van der Waals surface area contributed by atoms with Crippen LogP contribution in [0.3, 0.4) is 0 Å². The van der Waals surface area contributed by atoms with E-state index in [1.807, 2.05) is 0 Å². The van der Waals surface area contributed by atoms with Gasteiger partial charge in [0.05, 0.1) is 24.0 Å². The average Bonchev–Trinajstić information content (AvgIpc) is 3.23. The van der Waals surface area contributed by atoms with E-state index in [4.69, 9.17) is 10.5 Å². The number of para-hydroxylation sites is 1. The second-order valence-electron chi connectivity index (χ2n) is 4.78. The van der Waals surface area contributed by atoms with E-state index in [0.717, 1.165) is 12.8 Å². The van der Waals surface area contributed by atoms with E-state index >= 15 is 0 Å². The maximum absolute atomic E-state index is 11.6. The number of methoxy groups -OCH3 is 1. The SMILES string of the molecule is COC(=O)c1cccc(N)c1NCCC(=O)NC1CC1. The highest BCUT2D eigenvalue weighted by atomic mass is 16.5. The van der Waals surface area contributed by atoms with Crippen molar-refractivity contribution in [2.75, 3.05) is 24.7 Å². The van der Waals surface area contributed by atoms with Gasteiger partial charge in [0.2, 0.25) is 5.91 Å². The van der Waals surface area contributed by atoms with E-state index in [1.165, 1.54) is 7.11 Å². The second kappa shape index (κ2) is 6.27. The molecule has 6 nitrogen and oxygen atoms in total. The first-order valence-electron chi connectivity index (χ1n) is 6.62. The molecule has 20 heavy (non-hydrogen) atoms. The summed E-state index contributed by atoms with van der Waals surface area (Å²) in [5.74, 6) is -0.448. The fourth-order valence-corrected chi connectivity index (χ4v) is 1.88. The molecule has 0 atom stereocenters. The summed E-state index contributed by atoms with van der Waals surface area (Å²) < 4.78 is 4.71. The van der Waals surface area contributed by atoms with E-state index < -0.39 is 5.97 Å². The summed E-state index contributed by atoms with van der Waals surface area (Å²) in [6.07, 6.45) is 2.47. The molecule has 0 saturated heterocycles. The first-order valence-corrected chi connectivity index (χ1v) is 6.62. The van der Waals surface area contributed by atoms with E-state index in [1.54, 1.807) is 18.2 Å². The second-order valence-corrected chi connectivity index (χ2v) is 4.78. The zero-order valence-corrected chi connectivity index (χ0v) is 11.4. The van der Waals surface area contributed by atoms with Crippen LogP contribution in [0.25, 0.3) is 0 Å². The first-order chi connectivity index (χ1) is 9.61. The van der Waals surface area contributed by atoms with Crippen LogP contribution >= 0.6 is 0 Å². The van der Waals surface area contributed by atoms with Gasteiger partial charge in [-0.2, -0.15) is 0 Å². The van der Waals surface area contributed by atoms with Gasteiger partial charge < -0.3 is 21.1 Å². The molecule has 2 rings (SSSR count). The molecule has 1 aromatic rings. The molecular formula is C14H19N3O3. The molecule has 0 unspecified atom stereocenters. The van der Waals surface area contributed by atoms with Crippen LogP contribution in [0.15, 0.2) is 18.2 Å². The molecule has 0 heterocycles. The Bertz CT molecular complexity index is 512. The Morgan fingerprint density at radius 2 is 2.15 bits per heavy atom. The smallest absolute Gasteiger partial charge is 0.340 e. The van der Waals surface area contributed by atoms with Gasteiger partial charge in [0.25, 0.3) is 0 Å². The molecule has 6 heteroatoms. The summed E-state index contributed by atoms with van der Waals surface area (Å²) in [5.41, 5.74) is 7.19. The molecule has 1 amide bonds. The highest BCUT2D eigenvalue weighted by Gasteiger charge is 2.23. The third kappa shape index (κ3) is 3.63. The maximum Gasteiger partial charge on any atom is 0.340 e. The highest BCUT2D eigenvalue weighted by Crippen LogP contribution is 2.24. The minimum atomic E-state index is -0.456. The first kappa shape index (κ1) is 14.2. The van der Waals surface area contributed by atoms with Gasteiger partial charge in [-0.05, 0) is 25.0 Å². The summed E-state index contributed by atoms with van der Waals surface area (Å²) in [5, 5.41) is 5.94. The van der Waals surface area contributed by atoms with Gasteiger partial charge in [-0.1, -0.05) is 6.07 Å². The van der Waals surface area contributed by atoms with Gasteiger partial charge in [0.1, 0.15) is 0 Å². The molecular weight excluding hydrogens is 258 g/mol. The lowest BCUT2D eigenvalue weighted by molar-refractivity contribution is -0.120. The van der Waals surface area contributed by atoms with Crippen molar-refractivity contribution >= 4 is 23.3 Å². The monoisotopic (exact) mass is 277 g/mol. The van der Waals surface area contributed by atoms with Crippen molar-refractivity contribution in [1.82, 2.24) is 5.32 Å². The Hall–Kier alpha value is -2.24. The standard InChI is InChI=1S/C14H19N3O3/c1-20-14(19)10-3-2-4-11(15)13(10)16-8-7-12(18)17-9-5-6-9/h2-4,9,16H,5-8,15H2,1H3,(H,17,18). The van der Waals surface area contributed by atoms with Crippen molar-refractivity contribution in [3.05, 3.63) is 23.8 Å². The van der Waals surface area contributed by atoms with Crippen LogP contribution in [0.1, 0.15) is 29.6 Å². The van der Waals surface area contributed by atoms with E-state index in [0.29, 0.717) is 35.9 Å². The van der Waals surface area contributed by atoms with Crippen LogP contribution in [0.2, 0.25) is 0 Å². The van der Waals surface area contributed by atoms with Crippen LogP contribution < -0.4 is 16.4 Å². The van der Waals surface area contributed by atoms with Crippen LogP contribution in [-0.2, 0) is 9.53 Å². The Morgan fingerprint density at radius 1 is 1.40 bits per heavy atom. The molecule has 0 aliphatic heterocycles. The zero-order chi connectivity index (χ0) is 14.5. The van der Waals surface area contributed by atoms with Crippen molar-refractivity contribution in [3.8, 4) is 0 Å². The third-order valence-electron chi connectivity index (χ3n) is 3.10. The van der Waals surface area contributed by atoms with Crippen molar-refractivity contribution in [1.29, 1.82) is 0 Å². The van der Waals surface area contributed by atoms with Crippen LogP contribution in [0.4, 0.5) is 11.4 Å². The number of hydrogen-bond acceptors (Lipinski definition) is 5. The van der Waals surface area contributed by atoms with Crippen molar-refractivity contribution < 1.29 is 14.3 Å². The number of benzene rings is 1. The topological polar surface area (TPSA) is 93.4 Å². The molecule has 0 spiro atoms. The molecule has 1 aromatic carbocycles. The third-order valence-corrected chi connectivity index (χ3v) is 3.10. The van der Waals surface area contributed by atoms with Crippen LogP contribution in [0.5, 0.6) is 0 Å². The van der Waals surface area contributed by atoms with Gasteiger partial charge in [0.15, 0.2) is 0 Å². The Balaban J connectivity index is 1.93. The number of hydrogen-bond donors (Lipinski definition) is 3. The van der Waals surface area contributed by atoms with E-state index in [9.17, 15) is 9.59 Å². The normalized spacial score (nSPS) is 13.7. The summed E-state index contributed by atoms with van der Waals surface area (Å²) in [6.45, 7) is 0.413. The zero-order valence-electron chi connectivity index (χ0n) is 11.4. The van der Waals surface area contributed by atoms with E-state index in [2.05, 4.69) is 10.6 Å². The Morgan fingerprint density at radius 3 is 2.80 bits per heavy atom. The summed E-state index contributed by atoms with van der Waals surface area (Å²) in [7, 11) is 1.32. The number of nitrogens with two attached hydrogens (primary N) is 1. The summed E-state index contributed by atoms with van der Waals surface area (Å²) in [4.78, 5) is 23.2. The number of esters is 1. The lowest BCUT2D eigenvalue weighted by Crippen LogP contribution is -2.27. The molecule has 4 N–H and O–H groups in total. The predicted molar refractivity (Wildman–Crippen MR) is 76.5 cm³/mol. The van der Waals surface area contributed by atoms with Crippen molar-refractivity contribution in [2.24, 2.45) is 0 Å². The minimum Gasteiger partial charge on any atom is -0.465 e. The molecule has 0 bridgehead atoms. The lowest BCUT2D eigenvalue weighted by atomic mass is 10.1. The number of nitrogens with one attached hydrogen (secondary N) is 2. The average molecular weight is 277 g/mol. The molecule has 1 fully saturated rings. The fraction of sp³-hybridized carbons (Fsp3) is 0.429. The molecule has 1 aliphatic carbocycles. The number of nitrogen functional groups attached to an aromatic ring is 1. The molecule has 0 radical (unpaired) electrons. The van der Waals surface area contributed by atoms with Crippen molar-refractivity contribution in [3.63, 3.8) is 0 Å². The van der Waals surface area contributed by atoms with Gasteiger partial charge in [-0.3, -0.25) is 4.79 Å². The summed E-state index contributed by atoms with van der Waals surface area (Å²) >= 11 is 0. The summed E-state index contributed by atoms with van der Waals surface area (Å²) in [6, 6.07) is 5.37. The quantitative estimate of drug-likeness (QED) is 0.535.